The number of fused-ring (bicyclic) bond motifs is 1. The fourth-order valence-corrected chi connectivity index (χ4v) is 5.11. The molecule has 0 spiro atoms. The van der Waals surface area contributed by atoms with Crippen LogP contribution < -0.4 is 4.74 Å². The standard InChI is InChI=1S/C30H41OS/c1-3-5-7-9-10-12-15-25(14-11-8-6-4-2)24-31-29-20-19-26-22-28(18-17-27(26)23-29)30-16-13-21-32-30/h13,16-20,22-23,25H,3-12,14-15,24H2,1-2H3. The van der Waals surface area contributed by atoms with E-state index in [1.165, 1.54) is 98.3 Å². The summed E-state index contributed by atoms with van der Waals surface area (Å²) in [6.07, 6.45) is 16.2. The smallest absolute Gasteiger partial charge is 0.119 e. The van der Waals surface area contributed by atoms with Gasteiger partial charge in [-0.1, -0.05) is 96.3 Å². The van der Waals surface area contributed by atoms with Crippen molar-refractivity contribution in [2.75, 3.05) is 6.61 Å². The number of benzene rings is 2. The van der Waals surface area contributed by atoms with Crippen LogP contribution in [0.1, 0.15) is 90.9 Å². The lowest BCUT2D eigenvalue weighted by molar-refractivity contribution is 0.224. The molecule has 3 rings (SSSR count). The topological polar surface area (TPSA) is 9.23 Å². The fourth-order valence-electron chi connectivity index (χ4n) is 4.46. The number of hydrogen-bond donors (Lipinski definition) is 0. The molecule has 0 aliphatic rings. The van der Waals surface area contributed by atoms with Crippen LogP contribution >= 0.6 is 11.3 Å². The molecule has 0 fully saturated rings. The van der Waals surface area contributed by atoms with Crippen molar-refractivity contribution in [1.82, 2.24) is 0 Å². The molecule has 2 heteroatoms. The van der Waals surface area contributed by atoms with Crippen LogP contribution in [0.4, 0.5) is 0 Å². The van der Waals surface area contributed by atoms with Gasteiger partial charge in [-0.05, 0) is 65.4 Å². The van der Waals surface area contributed by atoms with Gasteiger partial charge in [-0.25, -0.2) is 0 Å². The molecular weight excluding hydrogens is 408 g/mol. The summed E-state index contributed by atoms with van der Waals surface area (Å²) in [5.41, 5.74) is 1.27. The number of hydrogen-bond acceptors (Lipinski definition) is 2. The Labute approximate surface area is 200 Å². The normalized spacial score (nSPS) is 12.3. The van der Waals surface area contributed by atoms with E-state index in [0.29, 0.717) is 5.92 Å². The molecule has 1 atom stereocenters. The van der Waals surface area contributed by atoms with E-state index in [4.69, 9.17) is 4.74 Å². The number of rotatable bonds is 16. The van der Waals surface area contributed by atoms with E-state index in [0.717, 1.165) is 12.4 Å². The van der Waals surface area contributed by atoms with Gasteiger partial charge in [-0.15, -0.1) is 11.3 Å². The van der Waals surface area contributed by atoms with Gasteiger partial charge in [0.15, 0.2) is 0 Å². The number of unbranched alkanes of at least 4 members (excludes halogenated alkanes) is 8. The maximum Gasteiger partial charge on any atom is 0.119 e. The molecule has 0 amide bonds. The maximum atomic E-state index is 6.33. The third-order valence-electron chi connectivity index (χ3n) is 6.49. The van der Waals surface area contributed by atoms with Crippen molar-refractivity contribution in [2.24, 2.45) is 5.92 Å². The number of thiophene rings is 1. The molecule has 0 aliphatic carbocycles. The van der Waals surface area contributed by atoms with E-state index < -0.39 is 0 Å². The van der Waals surface area contributed by atoms with Crippen LogP contribution in [-0.4, -0.2) is 6.61 Å². The molecule has 2 aromatic carbocycles. The van der Waals surface area contributed by atoms with E-state index in [2.05, 4.69) is 61.7 Å². The molecule has 0 bridgehead atoms. The fraction of sp³-hybridized carbons (Fsp3) is 0.533. The highest BCUT2D eigenvalue weighted by Gasteiger charge is 2.11. The third kappa shape index (κ3) is 8.28. The van der Waals surface area contributed by atoms with Gasteiger partial charge in [0.25, 0.3) is 0 Å². The molecule has 1 unspecified atom stereocenters. The predicted molar refractivity (Wildman–Crippen MR) is 142 cm³/mol. The van der Waals surface area contributed by atoms with Gasteiger partial charge in [0.1, 0.15) is 5.75 Å². The second-order valence-corrected chi connectivity index (χ2v) is 10.1. The summed E-state index contributed by atoms with van der Waals surface area (Å²) >= 11 is 1.67. The second kappa shape index (κ2) is 14.4. The highest BCUT2D eigenvalue weighted by atomic mass is 32.1. The molecule has 1 radical (unpaired) electrons. The van der Waals surface area contributed by atoms with Crippen molar-refractivity contribution in [3.63, 3.8) is 0 Å². The molecule has 0 saturated carbocycles. The average Bonchev–Trinajstić information content (AvgIpc) is 3.36. The van der Waals surface area contributed by atoms with Gasteiger partial charge >= 0.3 is 0 Å². The average molecular weight is 450 g/mol. The molecule has 0 N–H and O–H groups in total. The summed E-state index contributed by atoms with van der Waals surface area (Å²) in [6.45, 7) is 5.44. The Balaban J connectivity index is 1.53. The monoisotopic (exact) mass is 449 g/mol. The lowest BCUT2D eigenvalue weighted by Gasteiger charge is -2.18. The zero-order valence-corrected chi connectivity index (χ0v) is 21.0. The Morgan fingerprint density at radius 1 is 0.750 bits per heavy atom. The van der Waals surface area contributed by atoms with E-state index in [1.54, 1.807) is 11.3 Å². The van der Waals surface area contributed by atoms with Crippen LogP contribution in [-0.2, 0) is 0 Å². The quantitative estimate of drug-likeness (QED) is 0.198. The van der Waals surface area contributed by atoms with Gasteiger partial charge in [0, 0.05) is 10.3 Å². The first kappa shape index (κ1) is 24.8. The highest BCUT2D eigenvalue weighted by molar-refractivity contribution is 7.13. The van der Waals surface area contributed by atoms with Gasteiger partial charge in [0.2, 0.25) is 0 Å². The Morgan fingerprint density at radius 3 is 2.12 bits per heavy atom. The van der Waals surface area contributed by atoms with Crippen molar-refractivity contribution < 1.29 is 4.74 Å². The summed E-state index contributed by atoms with van der Waals surface area (Å²) in [4.78, 5) is 1.27. The van der Waals surface area contributed by atoms with Crippen LogP contribution in [0.15, 0.2) is 48.5 Å². The zero-order chi connectivity index (χ0) is 22.4. The first-order valence-electron chi connectivity index (χ1n) is 12.9. The van der Waals surface area contributed by atoms with E-state index in [9.17, 15) is 0 Å². The van der Waals surface area contributed by atoms with Gasteiger partial charge in [-0.2, -0.15) is 0 Å². The minimum Gasteiger partial charge on any atom is -0.493 e. The summed E-state index contributed by atoms with van der Waals surface area (Å²) in [5.74, 6) is 1.70. The molecule has 1 nitrogen and oxygen atoms in total. The van der Waals surface area contributed by atoms with Crippen molar-refractivity contribution in [3.8, 4) is 16.2 Å². The molecule has 0 saturated heterocycles. The van der Waals surface area contributed by atoms with Crippen molar-refractivity contribution in [3.05, 3.63) is 53.9 Å². The molecule has 0 aliphatic heterocycles. The number of ether oxygens (including phenoxy) is 1. The molecule has 3 aromatic rings. The Morgan fingerprint density at radius 2 is 1.41 bits per heavy atom. The zero-order valence-electron chi connectivity index (χ0n) is 20.2. The van der Waals surface area contributed by atoms with Gasteiger partial charge in [-0.3, -0.25) is 0 Å². The predicted octanol–water partition coefficient (Wildman–Crippen LogP) is 10.1. The maximum absolute atomic E-state index is 6.33. The molecule has 1 aromatic heterocycles. The van der Waals surface area contributed by atoms with Crippen LogP contribution in [0, 0.1) is 11.3 Å². The summed E-state index contributed by atoms with van der Waals surface area (Å²) in [7, 11) is 0. The summed E-state index contributed by atoms with van der Waals surface area (Å²) in [5, 5.41) is 5.70. The largest absolute Gasteiger partial charge is 0.493 e. The van der Waals surface area contributed by atoms with Crippen molar-refractivity contribution >= 4 is 22.1 Å². The van der Waals surface area contributed by atoms with Crippen LogP contribution in [0.3, 0.4) is 0 Å². The van der Waals surface area contributed by atoms with Crippen molar-refractivity contribution in [1.29, 1.82) is 0 Å². The third-order valence-corrected chi connectivity index (χ3v) is 7.33. The second-order valence-electron chi connectivity index (χ2n) is 9.22. The van der Waals surface area contributed by atoms with Gasteiger partial charge in [0.05, 0.1) is 6.61 Å². The van der Waals surface area contributed by atoms with Gasteiger partial charge < -0.3 is 4.74 Å². The lowest BCUT2D eigenvalue weighted by Crippen LogP contribution is -2.12. The summed E-state index contributed by atoms with van der Waals surface area (Å²) < 4.78 is 6.33. The Kier molecular flexibility index (Phi) is 11.2. The van der Waals surface area contributed by atoms with E-state index in [-0.39, 0.29) is 0 Å². The molecule has 32 heavy (non-hydrogen) atoms. The molecule has 173 valence electrons. The first-order valence-corrected chi connectivity index (χ1v) is 13.7. The van der Waals surface area contributed by atoms with Crippen LogP contribution in [0.2, 0.25) is 0 Å². The van der Waals surface area contributed by atoms with E-state index >= 15 is 0 Å². The van der Waals surface area contributed by atoms with Crippen LogP contribution in [0.25, 0.3) is 21.2 Å². The SMILES string of the molecule is CCCCCCCCC(CCCCCC)COc1ccc2cc(-c3cc[c]s3)ccc2c1. The molecular formula is C30H41OS. The lowest BCUT2D eigenvalue weighted by atomic mass is 9.95. The Hall–Kier alpha value is -1.80. The minimum atomic E-state index is 0.686. The van der Waals surface area contributed by atoms with Crippen molar-refractivity contribution in [2.45, 2.75) is 90.9 Å². The Bertz CT molecular complexity index is 883. The van der Waals surface area contributed by atoms with Crippen LogP contribution in [0.5, 0.6) is 5.75 Å². The molecule has 1 heterocycles. The summed E-state index contributed by atoms with van der Waals surface area (Å²) in [6, 6.07) is 17.4. The minimum absolute atomic E-state index is 0.686. The van der Waals surface area contributed by atoms with E-state index in [1.807, 2.05) is 6.07 Å². The first-order chi connectivity index (χ1) is 15.8. The highest BCUT2D eigenvalue weighted by Crippen LogP contribution is 2.30.